The predicted molar refractivity (Wildman–Crippen MR) is 80.5 cm³/mol. The van der Waals surface area contributed by atoms with Gasteiger partial charge in [-0.05, 0) is 32.7 Å². The van der Waals surface area contributed by atoms with Crippen LogP contribution in [-0.4, -0.2) is 0 Å². The first-order valence-electron chi connectivity index (χ1n) is 6.33. The summed E-state index contributed by atoms with van der Waals surface area (Å²) < 4.78 is 0. The Morgan fingerprint density at radius 2 is 1.94 bits per heavy atom. The van der Waals surface area contributed by atoms with Crippen molar-refractivity contribution < 1.29 is 0 Å². The van der Waals surface area contributed by atoms with Crippen molar-refractivity contribution >= 4 is 29.5 Å². The van der Waals surface area contributed by atoms with E-state index in [4.69, 9.17) is 0 Å². The average Bonchev–Trinajstić information content (AvgIpc) is 2.38. The van der Waals surface area contributed by atoms with Crippen LogP contribution in [0, 0.1) is 5.92 Å². The van der Waals surface area contributed by atoms with Crippen LogP contribution in [0.15, 0.2) is 48.6 Å². The van der Waals surface area contributed by atoms with Crippen molar-refractivity contribution in [2.75, 3.05) is 0 Å². The first-order valence-corrected chi connectivity index (χ1v) is 6.33. The van der Waals surface area contributed by atoms with Crippen LogP contribution in [0.5, 0.6) is 0 Å². The Morgan fingerprint density at radius 1 is 1.06 bits per heavy atom. The highest BCUT2D eigenvalue weighted by atomic mass is 14.1. The molecule has 0 amide bonds. The quantitative estimate of drug-likeness (QED) is 0.654. The molecule has 0 aliphatic heterocycles. The van der Waals surface area contributed by atoms with E-state index >= 15 is 0 Å². The smallest absolute Gasteiger partial charge is 0.00389 e. The van der Waals surface area contributed by atoms with Crippen LogP contribution in [0.4, 0.5) is 0 Å². The maximum absolute atomic E-state index is 4.25. The van der Waals surface area contributed by atoms with E-state index in [-0.39, 0.29) is 0 Å². The van der Waals surface area contributed by atoms with Crippen molar-refractivity contribution in [3.05, 3.63) is 64.6 Å². The standard InChI is InChI=1S/C18H16/c1-13-5-3-6-15-11-12-17-8-4-7-16(10-9-13)18(17)14(15)2/h3-13H,2H2,1H3/b5-3-,10-9-,15-6?. The zero-order chi connectivity index (χ0) is 12.5. The summed E-state index contributed by atoms with van der Waals surface area (Å²) >= 11 is 0. The van der Waals surface area contributed by atoms with Crippen molar-refractivity contribution in [1.29, 1.82) is 0 Å². The van der Waals surface area contributed by atoms with Crippen molar-refractivity contribution in [1.82, 2.24) is 0 Å². The number of hydrogen-bond acceptors (Lipinski definition) is 0. The van der Waals surface area contributed by atoms with E-state index in [1.807, 2.05) is 0 Å². The molecule has 0 radical (unpaired) electrons. The van der Waals surface area contributed by atoms with Gasteiger partial charge in [0.05, 0.1) is 0 Å². The lowest BCUT2D eigenvalue weighted by Gasteiger charge is -2.06. The molecule has 0 fully saturated rings. The fourth-order valence-electron chi connectivity index (χ4n) is 2.45. The molecule has 0 nitrogen and oxygen atoms in total. The second-order valence-electron chi connectivity index (χ2n) is 4.85. The van der Waals surface area contributed by atoms with Gasteiger partial charge < -0.3 is 0 Å². The van der Waals surface area contributed by atoms with Gasteiger partial charge in [-0.3, -0.25) is 0 Å². The molecule has 0 saturated heterocycles. The summed E-state index contributed by atoms with van der Waals surface area (Å²) in [4.78, 5) is 0. The number of benzene rings is 2. The molecule has 18 heavy (non-hydrogen) atoms. The van der Waals surface area contributed by atoms with Gasteiger partial charge in [-0.15, -0.1) is 0 Å². The predicted octanol–water partition coefficient (Wildman–Crippen LogP) is 3.25. The number of allylic oxidation sites excluding steroid dienone is 3. The third-order valence-corrected chi connectivity index (χ3v) is 3.49. The molecule has 0 saturated carbocycles. The highest BCUT2D eigenvalue weighted by Gasteiger charge is 2.01. The maximum Gasteiger partial charge on any atom is -0.00389 e. The molecule has 88 valence electrons. The van der Waals surface area contributed by atoms with Crippen LogP contribution < -0.4 is 10.4 Å². The van der Waals surface area contributed by atoms with Gasteiger partial charge in [-0.2, -0.15) is 0 Å². The van der Waals surface area contributed by atoms with Crippen molar-refractivity contribution in [2.24, 2.45) is 5.92 Å². The topological polar surface area (TPSA) is 0 Å². The minimum atomic E-state index is 0.453. The van der Waals surface area contributed by atoms with E-state index in [1.54, 1.807) is 0 Å². The van der Waals surface area contributed by atoms with Crippen molar-refractivity contribution in [2.45, 2.75) is 6.92 Å². The Kier molecular flexibility index (Phi) is 2.64. The van der Waals surface area contributed by atoms with Gasteiger partial charge in [-0.1, -0.05) is 74.2 Å². The molecule has 1 aliphatic rings. The number of hydrogen-bond donors (Lipinski definition) is 0. The van der Waals surface area contributed by atoms with Gasteiger partial charge in [0.2, 0.25) is 0 Å². The van der Waals surface area contributed by atoms with Crippen molar-refractivity contribution in [3.8, 4) is 0 Å². The van der Waals surface area contributed by atoms with Gasteiger partial charge >= 0.3 is 0 Å². The van der Waals surface area contributed by atoms with E-state index in [9.17, 15) is 0 Å². The lowest BCUT2D eigenvalue weighted by atomic mass is 9.98. The summed E-state index contributed by atoms with van der Waals surface area (Å²) in [7, 11) is 0. The molecule has 0 spiro atoms. The minimum Gasteiger partial charge on any atom is -0.0905 e. The van der Waals surface area contributed by atoms with Gasteiger partial charge in [0.1, 0.15) is 0 Å². The molecule has 0 heterocycles. The third kappa shape index (κ3) is 1.80. The SMILES string of the molecule is C=c1c2ccc3cccc(c13)/C=C\C(C)/C=C\C=2. The molecule has 0 aromatic heterocycles. The second kappa shape index (κ2) is 4.30. The average molecular weight is 232 g/mol. The van der Waals surface area contributed by atoms with E-state index in [1.165, 1.54) is 21.6 Å². The zero-order valence-corrected chi connectivity index (χ0v) is 10.6. The van der Waals surface area contributed by atoms with E-state index < -0.39 is 0 Å². The maximum atomic E-state index is 4.25. The molecule has 1 atom stereocenters. The van der Waals surface area contributed by atoms with Gasteiger partial charge in [0, 0.05) is 0 Å². The molecule has 1 unspecified atom stereocenters. The fourth-order valence-corrected chi connectivity index (χ4v) is 2.45. The van der Waals surface area contributed by atoms with Crippen LogP contribution in [0.25, 0.3) is 29.5 Å². The minimum absolute atomic E-state index is 0.453. The molecule has 0 heteroatoms. The Labute approximate surface area is 107 Å². The highest BCUT2D eigenvalue weighted by molar-refractivity contribution is 5.91. The third-order valence-electron chi connectivity index (χ3n) is 3.49. The summed E-state index contributed by atoms with van der Waals surface area (Å²) in [5.41, 5.74) is 1.26. The summed E-state index contributed by atoms with van der Waals surface area (Å²) in [6, 6.07) is 10.7. The Hall–Kier alpha value is -2.08. The van der Waals surface area contributed by atoms with Gasteiger partial charge in [-0.25, -0.2) is 0 Å². The summed E-state index contributed by atoms with van der Waals surface area (Å²) in [5, 5.41) is 4.85. The van der Waals surface area contributed by atoms with Gasteiger partial charge in [0.15, 0.2) is 0 Å². The largest absolute Gasteiger partial charge is 0.0905 e. The van der Waals surface area contributed by atoms with Crippen LogP contribution in [-0.2, 0) is 0 Å². The van der Waals surface area contributed by atoms with Crippen LogP contribution >= 0.6 is 0 Å². The number of fused-ring (bicyclic) bond motifs is 1. The lowest BCUT2D eigenvalue weighted by Crippen LogP contribution is -2.23. The molecule has 3 rings (SSSR count). The normalized spacial score (nSPS) is 21.5. The highest BCUT2D eigenvalue weighted by Crippen LogP contribution is 2.17. The molecule has 0 N–H and O–H groups in total. The Bertz CT molecular complexity index is 760. The first-order chi connectivity index (χ1) is 8.75. The molecule has 2 aromatic carbocycles. The molecule has 1 aliphatic carbocycles. The van der Waals surface area contributed by atoms with E-state index in [0.717, 1.165) is 5.22 Å². The summed E-state index contributed by atoms with van der Waals surface area (Å²) in [5.74, 6) is 0.453. The molecule has 2 aromatic rings. The Balaban J connectivity index is 2.51. The Morgan fingerprint density at radius 3 is 2.83 bits per heavy atom. The second-order valence-corrected chi connectivity index (χ2v) is 4.85. The first kappa shape index (κ1) is 11.0. The van der Waals surface area contributed by atoms with Gasteiger partial charge in [0.25, 0.3) is 0 Å². The number of rotatable bonds is 0. The summed E-state index contributed by atoms with van der Waals surface area (Å²) in [6.45, 7) is 6.45. The van der Waals surface area contributed by atoms with Crippen LogP contribution in [0.1, 0.15) is 12.5 Å². The zero-order valence-electron chi connectivity index (χ0n) is 10.6. The molecular weight excluding hydrogens is 216 g/mol. The van der Waals surface area contributed by atoms with Crippen molar-refractivity contribution in [3.63, 3.8) is 0 Å². The summed E-state index contributed by atoms with van der Waals surface area (Å²) in [6.07, 6.45) is 10.9. The van der Waals surface area contributed by atoms with E-state index in [2.05, 4.69) is 74.2 Å². The molecule has 2 bridgehead atoms. The van der Waals surface area contributed by atoms with Crippen LogP contribution in [0.2, 0.25) is 0 Å². The monoisotopic (exact) mass is 232 g/mol. The van der Waals surface area contributed by atoms with E-state index in [0.29, 0.717) is 5.92 Å². The molecular formula is C18H16. The van der Waals surface area contributed by atoms with Crippen LogP contribution in [0.3, 0.4) is 0 Å². The fraction of sp³-hybridized carbons (Fsp3) is 0.111. The lowest BCUT2D eigenvalue weighted by molar-refractivity contribution is 0.947.